The summed E-state index contributed by atoms with van der Waals surface area (Å²) < 4.78 is 12.9. The number of aromatic nitrogens is 2. The molecule has 0 radical (unpaired) electrons. The highest BCUT2D eigenvalue weighted by molar-refractivity contribution is 5.77. The standard InChI is InChI=1S/C29H29N3O3/c1-21(12-13-22-8-4-2-5-9-22)30-28(33)17-15-24-19-32(25-10-6-3-7-11-25)31-29(24)23-14-16-26-27(18-23)35-20-34-26/h2-11,14,16,18-19,21H,12-13,15,17,20H2,1H3,(H,30,33)/t21-/m1/s1. The molecule has 0 unspecified atom stereocenters. The quantitative estimate of drug-likeness (QED) is 0.361. The molecule has 0 saturated heterocycles. The van der Waals surface area contributed by atoms with E-state index >= 15 is 0 Å². The van der Waals surface area contributed by atoms with Gasteiger partial charge >= 0.3 is 0 Å². The lowest BCUT2D eigenvalue weighted by Crippen LogP contribution is -2.33. The number of hydrogen-bond donors (Lipinski definition) is 1. The van der Waals surface area contributed by atoms with Crippen LogP contribution in [-0.4, -0.2) is 28.5 Å². The number of rotatable bonds is 9. The normalized spacial score (nSPS) is 12.9. The minimum atomic E-state index is 0.0506. The maximum Gasteiger partial charge on any atom is 0.231 e. The van der Waals surface area contributed by atoms with Crippen molar-refractivity contribution in [1.82, 2.24) is 15.1 Å². The number of carbonyl (C=O) groups excluding carboxylic acids is 1. The molecule has 0 fully saturated rings. The molecule has 0 bridgehead atoms. The Kier molecular flexibility index (Phi) is 6.80. The molecule has 4 aromatic rings. The molecule has 1 aliphatic heterocycles. The Morgan fingerprint density at radius 3 is 2.51 bits per heavy atom. The highest BCUT2D eigenvalue weighted by atomic mass is 16.7. The van der Waals surface area contributed by atoms with Crippen LogP contribution in [0.2, 0.25) is 0 Å². The Bertz CT molecular complexity index is 1290. The molecule has 35 heavy (non-hydrogen) atoms. The van der Waals surface area contributed by atoms with Crippen LogP contribution in [0.4, 0.5) is 0 Å². The van der Waals surface area contributed by atoms with E-state index in [1.54, 1.807) is 0 Å². The first kappa shape index (κ1) is 22.7. The Balaban J connectivity index is 1.28. The van der Waals surface area contributed by atoms with Gasteiger partial charge in [0.25, 0.3) is 0 Å². The van der Waals surface area contributed by atoms with Gasteiger partial charge in [-0.1, -0.05) is 48.5 Å². The second-order valence-corrected chi connectivity index (χ2v) is 8.84. The van der Waals surface area contributed by atoms with E-state index < -0.39 is 0 Å². The summed E-state index contributed by atoms with van der Waals surface area (Å²) in [5.74, 6) is 1.50. The largest absolute Gasteiger partial charge is 0.454 e. The number of nitrogens with one attached hydrogen (secondary N) is 1. The summed E-state index contributed by atoms with van der Waals surface area (Å²) in [6, 6.07) is 26.3. The van der Waals surface area contributed by atoms with E-state index in [2.05, 4.69) is 24.4 Å². The van der Waals surface area contributed by atoms with Crippen molar-refractivity contribution in [2.45, 2.75) is 38.6 Å². The first-order chi connectivity index (χ1) is 17.2. The van der Waals surface area contributed by atoms with Gasteiger partial charge in [0, 0.05) is 24.2 Å². The van der Waals surface area contributed by atoms with Gasteiger partial charge in [0.05, 0.1) is 11.4 Å². The van der Waals surface area contributed by atoms with Gasteiger partial charge in [-0.2, -0.15) is 5.10 Å². The van der Waals surface area contributed by atoms with Crippen LogP contribution in [0.5, 0.6) is 11.5 Å². The lowest BCUT2D eigenvalue weighted by molar-refractivity contribution is -0.121. The molecular weight excluding hydrogens is 438 g/mol. The van der Waals surface area contributed by atoms with Gasteiger partial charge < -0.3 is 14.8 Å². The van der Waals surface area contributed by atoms with Crippen molar-refractivity contribution in [2.24, 2.45) is 0 Å². The second kappa shape index (κ2) is 10.5. The summed E-state index contributed by atoms with van der Waals surface area (Å²) in [7, 11) is 0. The molecule has 178 valence electrons. The minimum Gasteiger partial charge on any atom is -0.454 e. The number of hydrogen-bond acceptors (Lipinski definition) is 4. The van der Waals surface area contributed by atoms with Crippen molar-refractivity contribution in [3.05, 3.63) is 96.2 Å². The Hall–Kier alpha value is -4.06. The van der Waals surface area contributed by atoms with Gasteiger partial charge in [0.2, 0.25) is 12.7 Å². The smallest absolute Gasteiger partial charge is 0.231 e. The number of benzene rings is 3. The van der Waals surface area contributed by atoms with Gasteiger partial charge in [-0.05, 0) is 67.6 Å². The zero-order valence-corrected chi connectivity index (χ0v) is 19.8. The first-order valence-corrected chi connectivity index (χ1v) is 12.0. The van der Waals surface area contributed by atoms with E-state index in [1.165, 1.54) is 5.56 Å². The fourth-order valence-electron chi connectivity index (χ4n) is 4.29. The fourth-order valence-corrected chi connectivity index (χ4v) is 4.29. The first-order valence-electron chi connectivity index (χ1n) is 12.0. The molecule has 0 saturated carbocycles. The Morgan fingerprint density at radius 1 is 0.971 bits per heavy atom. The molecule has 1 atom stereocenters. The Labute approximate surface area is 205 Å². The van der Waals surface area contributed by atoms with E-state index in [-0.39, 0.29) is 18.7 Å². The summed E-state index contributed by atoms with van der Waals surface area (Å²) in [5.41, 5.74) is 5.06. The molecule has 3 aromatic carbocycles. The van der Waals surface area contributed by atoms with E-state index in [0.717, 1.165) is 41.1 Å². The maximum atomic E-state index is 12.7. The number of ether oxygens (including phenoxy) is 2. The second-order valence-electron chi connectivity index (χ2n) is 8.84. The van der Waals surface area contributed by atoms with Crippen LogP contribution in [0.25, 0.3) is 16.9 Å². The van der Waals surface area contributed by atoms with E-state index in [4.69, 9.17) is 14.6 Å². The number of nitrogens with zero attached hydrogens (tertiary/aromatic N) is 2. The summed E-state index contributed by atoms with van der Waals surface area (Å²) in [5, 5.41) is 8.02. The number of para-hydroxylation sites is 1. The molecule has 6 heteroatoms. The molecule has 2 heterocycles. The topological polar surface area (TPSA) is 65.4 Å². The zero-order valence-electron chi connectivity index (χ0n) is 19.8. The number of carbonyl (C=O) groups is 1. The summed E-state index contributed by atoms with van der Waals surface area (Å²) in [6.45, 7) is 2.29. The SMILES string of the molecule is C[C@H](CCc1ccccc1)NC(=O)CCc1cn(-c2ccccc2)nc1-c1ccc2c(c1)OCO2. The van der Waals surface area contributed by atoms with Crippen LogP contribution < -0.4 is 14.8 Å². The van der Waals surface area contributed by atoms with Crippen LogP contribution in [0.1, 0.15) is 30.9 Å². The highest BCUT2D eigenvalue weighted by Gasteiger charge is 2.19. The van der Waals surface area contributed by atoms with Crippen molar-refractivity contribution < 1.29 is 14.3 Å². The molecule has 0 aliphatic carbocycles. The van der Waals surface area contributed by atoms with Gasteiger partial charge in [0.1, 0.15) is 0 Å². The summed E-state index contributed by atoms with van der Waals surface area (Å²) >= 11 is 0. The molecule has 1 N–H and O–H groups in total. The predicted molar refractivity (Wildman–Crippen MR) is 136 cm³/mol. The van der Waals surface area contributed by atoms with E-state index in [9.17, 15) is 4.79 Å². The average molecular weight is 468 g/mol. The molecule has 1 amide bonds. The van der Waals surface area contributed by atoms with Crippen molar-refractivity contribution in [2.75, 3.05) is 6.79 Å². The molecule has 1 aromatic heterocycles. The van der Waals surface area contributed by atoms with Crippen LogP contribution in [0.15, 0.2) is 85.1 Å². The number of amides is 1. The van der Waals surface area contributed by atoms with Gasteiger partial charge in [-0.25, -0.2) is 4.68 Å². The molecule has 5 rings (SSSR count). The predicted octanol–water partition coefficient (Wildman–Crippen LogP) is 5.34. The van der Waals surface area contributed by atoms with Gasteiger partial charge in [0.15, 0.2) is 11.5 Å². The lowest BCUT2D eigenvalue weighted by atomic mass is 10.0. The summed E-state index contributed by atoms with van der Waals surface area (Å²) in [6.07, 6.45) is 4.85. The van der Waals surface area contributed by atoms with E-state index in [0.29, 0.717) is 18.6 Å². The van der Waals surface area contributed by atoms with Gasteiger partial charge in [-0.15, -0.1) is 0 Å². The van der Waals surface area contributed by atoms with E-state index in [1.807, 2.05) is 77.6 Å². The third-order valence-electron chi connectivity index (χ3n) is 6.19. The lowest BCUT2D eigenvalue weighted by Gasteiger charge is -2.14. The average Bonchev–Trinajstić information content (AvgIpc) is 3.54. The van der Waals surface area contributed by atoms with Crippen LogP contribution >= 0.6 is 0 Å². The number of fused-ring (bicyclic) bond motifs is 1. The van der Waals surface area contributed by atoms with Crippen LogP contribution in [0.3, 0.4) is 0 Å². The molecule has 6 nitrogen and oxygen atoms in total. The fraction of sp³-hybridized carbons (Fsp3) is 0.241. The van der Waals surface area contributed by atoms with Crippen LogP contribution in [0, 0.1) is 0 Å². The van der Waals surface area contributed by atoms with Crippen LogP contribution in [-0.2, 0) is 17.6 Å². The summed E-state index contributed by atoms with van der Waals surface area (Å²) in [4.78, 5) is 12.7. The van der Waals surface area contributed by atoms with Crippen molar-refractivity contribution in [3.8, 4) is 28.4 Å². The van der Waals surface area contributed by atoms with Crippen molar-refractivity contribution in [1.29, 1.82) is 0 Å². The van der Waals surface area contributed by atoms with Gasteiger partial charge in [-0.3, -0.25) is 4.79 Å². The molecular formula is C29H29N3O3. The molecule has 1 aliphatic rings. The zero-order chi connectivity index (χ0) is 24.0. The maximum absolute atomic E-state index is 12.7. The van der Waals surface area contributed by atoms with Crippen molar-refractivity contribution >= 4 is 5.91 Å². The molecule has 0 spiro atoms. The minimum absolute atomic E-state index is 0.0506. The number of aryl methyl sites for hydroxylation is 2. The third-order valence-corrected chi connectivity index (χ3v) is 6.19. The van der Waals surface area contributed by atoms with Crippen molar-refractivity contribution in [3.63, 3.8) is 0 Å². The Morgan fingerprint density at radius 2 is 1.71 bits per heavy atom. The highest BCUT2D eigenvalue weighted by Crippen LogP contribution is 2.36. The third kappa shape index (κ3) is 5.54. The monoisotopic (exact) mass is 467 g/mol.